The van der Waals surface area contributed by atoms with Gasteiger partial charge in [0.05, 0.1) is 10.6 Å². The van der Waals surface area contributed by atoms with Crippen LogP contribution in [0.2, 0.25) is 0 Å². The normalized spacial score (nSPS) is 11.2. The molecule has 22 heavy (non-hydrogen) atoms. The Morgan fingerprint density at radius 3 is 2.32 bits per heavy atom. The first-order chi connectivity index (χ1) is 10.2. The van der Waals surface area contributed by atoms with Gasteiger partial charge in [0.15, 0.2) is 16.5 Å². The summed E-state index contributed by atoms with van der Waals surface area (Å²) < 4.78 is 51.7. The van der Waals surface area contributed by atoms with Crippen LogP contribution in [0.4, 0.5) is 20.2 Å². The number of rotatable bonds is 4. The average molecular weight is 328 g/mol. The van der Waals surface area contributed by atoms with E-state index < -0.39 is 37.2 Å². The molecule has 2 aromatic carbocycles. The van der Waals surface area contributed by atoms with Crippen LogP contribution in [0.3, 0.4) is 0 Å². The fourth-order valence-electron chi connectivity index (χ4n) is 1.79. The molecule has 2 aromatic rings. The molecule has 0 aliphatic heterocycles. The summed E-state index contributed by atoms with van der Waals surface area (Å²) in [6.45, 7) is 0. The van der Waals surface area contributed by atoms with Crippen molar-refractivity contribution in [3.05, 3.63) is 64.2 Å². The van der Waals surface area contributed by atoms with E-state index in [1.165, 1.54) is 12.1 Å². The van der Waals surface area contributed by atoms with Crippen LogP contribution in [0.25, 0.3) is 0 Å². The van der Waals surface area contributed by atoms with Gasteiger partial charge in [-0.05, 0) is 18.2 Å². The van der Waals surface area contributed by atoms with E-state index in [2.05, 4.69) is 0 Å². The Morgan fingerprint density at radius 2 is 1.73 bits per heavy atom. The quantitative estimate of drug-likeness (QED) is 0.638. The molecule has 0 fully saturated rings. The van der Waals surface area contributed by atoms with Gasteiger partial charge in [-0.15, -0.1) is 0 Å². The number of anilines is 1. The van der Waals surface area contributed by atoms with Crippen LogP contribution in [0.1, 0.15) is 0 Å². The van der Waals surface area contributed by atoms with Crippen molar-refractivity contribution in [2.75, 3.05) is 11.4 Å². The molecule has 0 unspecified atom stereocenters. The molecule has 0 aliphatic rings. The summed E-state index contributed by atoms with van der Waals surface area (Å²) in [6, 6.07) is 7.31. The summed E-state index contributed by atoms with van der Waals surface area (Å²) in [6.07, 6.45) is 0. The SMILES string of the molecule is CN(c1ccc(F)c(F)c1)S(=O)(=O)c1ccccc1[N+](=O)[O-]. The molecule has 116 valence electrons. The van der Waals surface area contributed by atoms with Gasteiger partial charge in [0.25, 0.3) is 15.7 Å². The Kier molecular flexibility index (Phi) is 4.09. The minimum atomic E-state index is -4.29. The largest absolute Gasteiger partial charge is 0.289 e. The van der Waals surface area contributed by atoms with Gasteiger partial charge >= 0.3 is 0 Å². The molecule has 0 aliphatic carbocycles. The van der Waals surface area contributed by atoms with Crippen LogP contribution in [0.5, 0.6) is 0 Å². The molecule has 0 atom stereocenters. The smallest absolute Gasteiger partial charge is 0.269 e. The van der Waals surface area contributed by atoms with Crippen molar-refractivity contribution in [1.82, 2.24) is 0 Å². The second-order valence-corrected chi connectivity index (χ2v) is 6.23. The van der Waals surface area contributed by atoms with Crippen LogP contribution >= 0.6 is 0 Å². The Morgan fingerprint density at radius 1 is 1.09 bits per heavy atom. The second-order valence-electron chi connectivity index (χ2n) is 4.30. The number of benzene rings is 2. The van der Waals surface area contributed by atoms with E-state index >= 15 is 0 Å². The summed E-state index contributed by atoms with van der Waals surface area (Å²) in [5, 5.41) is 10.9. The number of hydrogen-bond acceptors (Lipinski definition) is 4. The molecule has 2 rings (SSSR count). The third-order valence-electron chi connectivity index (χ3n) is 2.97. The van der Waals surface area contributed by atoms with Crippen molar-refractivity contribution in [3.8, 4) is 0 Å². The lowest BCUT2D eigenvalue weighted by Gasteiger charge is -2.19. The highest BCUT2D eigenvalue weighted by atomic mass is 32.2. The molecule has 0 N–H and O–H groups in total. The second kappa shape index (κ2) is 5.68. The first-order valence-electron chi connectivity index (χ1n) is 5.92. The first kappa shape index (κ1) is 15.8. The number of halogens is 2. The zero-order chi connectivity index (χ0) is 16.5. The summed E-state index contributed by atoms with van der Waals surface area (Å²) in [4.78, 5) is 9.58. The summed E-state index contributed by atoms with van der Waals surface area (Å²) in [5.74, 6) is -2.35. The van der Waals surface area contributed by atoms with Crippen molar-refractivity contribution >= 4 is 21.4 Å². The number of sulfonamides is 1. The molecule has 0 spiro atoms. The fraction of sp³-hybridized carbons (Fsp3) is 0.0769. The van der Waals surface area contributed by atoms with Gasteiger partial charge in [0.1, 0.15) is 0 Å². The number of nitro groups is 1. The lowest BCUT2D eigenvalue weighted by molar-refractivity contribution is -0.387. The number of hydrogen-bond donors (Lipinski definition) is 0. The third-order valence-corrected chi connectivity index (χ3v) is 4.80. The molecule has 0 heterocycles. The van der Waals surface area contributed by atoms with Crippen molar-refractivity contribution < 1.29 is 22.1 Å². The fourth-order valence-corrected chi connectivity index (χ4v) is 3.14. The van der Waals surface area contributed by atoms with Crippen molar-refractivity contribution in [2.24, 2.45) is 0 Å². The highest BCUT2D eigenvalue weighted by Gasteiger charge is 2.29. The Balaban J connectivity index is 2.55. The Hall–Kier alpha value is -2.55. The van der Waals surface area contributed by atoms with Gasteiger partial charge in [-0.1, -0.05) is 12.1 Å². The van der Waals surface area contributed by atoms with E-state index in [4.69, 9.17) is 0 Å². The zero-order valence-electron chi connectivity index (χ0n) is 11.2. The topological polar surface area (TPSA) is 80.5 Å². The van der Waals surface area contributed by atoms with Gasteiger partial charge in [0.2, 0.25) is 0 Å². The first-order valence-corrected chi connectivity index (χ1v) is 7.36. The number of para-hydroxylation sites is 1. The van der Waals surface area contributed by atoms with Gasteiger partial charge in [0, 0.05) is 19.2 Å². The molecule has 0 bridgehead atoms. The van der Waals surface area contributed by atoms with Gasteiger partial charge in [-0.3, -0.25) is 14.4 Å². The van der Waals surface area contributed by atoms with Crippen LogP contribution in [-0.4, -0.2) is 20.4 Å². The van der Waals surface area contributed by atoms with Gasteiger partial charge in [-0.25, -0.2) is 17.2 Å². The maximum absolute atomic E-state index is 13.2. The van der Waals surface area contributed by atoms with Crippen LogP contribution in [-0.2, 0) is 10.0 Å². The lowest BCUT2D eigenvalue weighted by Crippen LogP contribution is -2.27. The van der Waals surface area contributed by atoms with E-state index in [0.717, 1.165) is 31.3 Å². The predicted molar refractivity (Wildman–Crippen MR) is 75.0 cm³/mol. The van der Waals surface area contributed by atoms with E-state index in [1.54, 1.807) is 0 Å². The van der Waals surface area contributed by atoms with Crippen molar-refractivity contribution in [3.63, 3.8) is 0 Å². The minimum Gasteiger partial charge on any atom is -0.269 e. The molecular formula is C13H10F2N2O4S. The molecule has 0 radical (unpaired) electrons. The van der Waals surface area contributed by atoms with E-state index in [9.17, 15) is 27.3 Å². The minimum absolute atomic E-state index is 0.156. The predicted octanol–water partition coefficient (Wildman–Crippen LogP) is 2.70. The third kappa shape index (κ3) is 2.75. The summed E-state index contributed by atoms with van der Waals surface area (Å²) in [5.41, 5.74) is -0.756. The number of nitrogens with zero attached hydrogens (tertiary/aromatic N) is 2. The highest BCUT2D eigenvalue weighted by molar-refractivity contribution is 7.93. The zero-order valence-corrected chi connectivity index (χ0v) is 12.0. The van der Waals surface area contributed by atoms with Gasteiger partial charge in [-0.2, -0.15) is 0 Å². The number of nitro benzene ring substituents is 1. The van der Waals surface area contributed by atoms with Crippen LogP contribution in [0, 0.1) is 21.7 Å². The van der Waals surface area contributed by atoms with Crippen molar-refractivity contribution in [2.45, 2.75) is 4.90 Å². The summed E-state index contributed by atoms with van der Waals surface area (Å²) >= 11 is 0. The standard InChI is InChI=1S/C13H10F2N2O4S/c1-16(9-6-7-10(14)11(15)8-9)22(20,21)13-5-3-2-4-12(13)17(18)19/h2-8H,1H3. The highest BCUT2D eigenvalue weighted by Crippen LogP contribution is 2.29. The average Bonchev–Trinajstić information content (AvgIpc) is 2.49. The van der Waals surface area contributed by atoms with Crippen LogP contribution in [0.15, 0.2) is 47.4 Å². The van der Waals surface area contributed by atoms with E-state index in [-0.39, 0.29) is 5.69 Å². The molecule has 9 heteroatoms. The maximum Gasteiger partial charge on any atom is 0.289 e. The van der Waals surface area contributed by atoms with E-state index in [1.807, 2.05) is 0 Å². The Labute approximate surface area is 124 Å². The molecule has 0 aromatic heterocycles. The van der Waals surface area contributed by atoms with Crippen molar-refractivity contribution in [1.29, 1.82) is 0 Å². The molecule has 0 saturated heterocycles. The molecule has 6 nitrogen and oxygen atoms in total. The molecule has 0 saturated carbocycles. The maximum atomic E-state index is 13.2. The Bertz CT molecular complexity index is 840. The molecular weight excluding hydrogens is 318 g/mol. The monoisotopic (exact) mass is 328 g/mol. The molecule has 0 amide bonds. The van der Waals surface area contributed by atoms with E-state index in [0.29, 0.717) is 10.4 Å². The lowest BCUT2D eigenvalue weighted by atomic mass is 10.3. The van der Waals surface area contributed by atoms with Gasteiger partial charge < -0.3 is 0 Å². The van der Waals surface area contributed by atoms with Crippen LogP contribution < -0.4 is 4.31 Å². The summed E-state index contributed by atoms with van der Waals surface area (Å²) in [7, 11) is -3.20.